The van der Waals surface area contributed by atoms with Crippen LogP contribution in [0.3, 0.4) is 0 Å². The van der Waals surface area contributed by atoms with Crippen molar-refractivity contribution in [2.75, 3.05) is 6.61 Å². The highest BCUT2D eigenvalue weighted by molar-refractivity contribution is 5.91. The van der Waals surface area contributed by atoms with Gasteiger partial charge in [0.25, 0.3) is 0 Å². The van der Waals surface area contributed by atoms with Crippen LogP contribution in [0.1, 0.15) is 43.0 Å². The Bertz CT molecular complexity index is 861. The van der Waals surface area contributed by atoms with Gasteiger partial charge in [-0.2, -0.15) is 0 Å². The number of hydrogen-bond donors (Lipinski definition) is 0. The first kappa shape index (κ1) is 21.1. The van der Waals surface area contributed by atoms with E-state index in [2.05, 4.69) is 11.7 Å². The van der Waals surface area contributed by atoms with Crippen LogP contribution in [0.15, 0.2) is 24.3 Å². The van der Waals surface area contributed by atoms with Gasteiger partial charge in [0.2, 0.25) is 0 Å². The van der Waals surface area contributed by atoms with Crippen LogP contribution in [-0.4, -0.2) is 12.6 Å². The van der Waals surface area contributed by atoms with Crippen molar-refractivity contribution in [3.8, 4) is 11.5 Å². The average molecular weight is 414 g/mol. The molecule has 0 saturated heterocycles. The zero-order chi connectivity index (χ0) is 21.1. The Kier molecular flexibility index (Phi) is 6.39. The lowest BCUT2D eigenvalue weighted by molar-refractivity contribution is 0.0723. The Morgan fingerprint density at radius 1 is 0.862 bits per heavy atom. The van der Waals surface area contributed by atoms with Crippen LogP contribution < -0.4 is 9.47 Å². The van der Waals surface area contributed by atoms with Gasteiger partial charge in [0, 0.05) is 24.3 Å². The molecule has 2 aromatic rings. The summed E-state index contributed by atoms with van der Waals surface area (Å²) >= 11 is 0. The van der Waals surface area contributed by atoms with Crippen molar-refractivity contribution in [2.24, 2.45) is 11.8 Å². The normalized spacial score (nSPS) is 19.1. The van der Waals surface area contributed by atoms with E-state index in [0.717, 1.165) is 37.8 Å². The zero-order valence-electron chi connectivity index (χ0n) is 15.6. The predicted molar refractivity (Wildman–Crippen MR) is 94.2 cm³/mol. The molecule has 0 amide bonds. The molecule has 0 radical (unpaired) electrons. The number of halogens is 5. The highest BCUT2D eigenvalue weighted by atomic mass is 19.2. The molecule has 2 aromatic carbocycles. The van der Waals surface area contributed by atoms with Gasteiger partial charge in [0.15, 0.2) is 17.5 Å². The maximum absolute atomic E-state index is 14.3. The molecular weight excluding hydrogens is 395 g/mol. The van der Waals surface area contributed by atoms with Gasteiger partial charge in [0.05, 0.1) is 6.61 Å². The topological polar surface area (TPSA) is 35.5 Å². The molecule has 0 heterocycles. The van der Waals surface area contributed by atoms with Gasteiger partial charge in [-0.1, -0.05) is 19.8 Å². The molecule has 0 atom stereocenters. The third kappa shape index (κ3) is 5.05. The third-order valence-electron chi connectivity index (χ3n) is 5.01. The summed E-state index contributed by atoms with van der Waals surface area (Å²) in [5.41, 5.74) is -1.05. The zero-order valence-corrected chi connectivity index (χ0v) is 15.6. The van der Waals surface area contributed by atoms with E-state index in [4.69, 9.17) is 4.74 Å². The van der Waals surface area contributed by atoms with Crippen molar-refractivity contribution in [1.82, 2.24) is 0 Å². The molecule has 8 heteroatoms. The minimum atomic E-state index is -1.75. The van der Waals surface area contributed by atoms with Gasteiger partial charge < -0.3 is 9.47 Å². The van der Waals surface area contributed by atoms with E-state index in [0.29, 0.717) is 30.6 Å². The van der Waals surface area contributed by atoms with Gasteiger partial charge in [-0.3, -0.25) is 0 Å². The molecule has 1 aliphatic rings. The fourth-order valence-electron chi connectivity index (χ4n) is 3.29. The number of esters is 1. The molecule has 156 valence electrons. The minimum absolute atomic E-state index is 0.0750. The number of hydrogen-bond acceptors (Lipinski definition) is 3. The largest absolute Gasteiger partial charge is 0.493 e. The molecule has 3 nitrogen and oxygen atoms in total. The summed E-state index contributed by atoms with van der Waals surface area (Å²) in [6, 6.07) is 2.48. The fourth-order valence-corrected chi connectivity index (χ4v) is 3.29. The standard InChI is InChI=1S/C21H19F5O3/c1-11-2-4-12(5-3-11)10-28-13-6-15(22)19(16(23)7-13)21(27)29-14-8-17(24)20(26)18(25)9-14/h6-9,11-12H,2-5,10H2,1H3. The van der Waals surface area contributed by atoms with Crippen LogP contribution in [-0.2, 0) is 0 Å². The Labute approximate surface area is 164 Å². The third-order valence-corrected chi connectivity index (χ3v) is 5.01. The molecule has 0 spiro atoms. The lowest BCUT2D eigenvalue weighted by Gasteiger charge is -2.26. The van der Waals surface area contributed by atoms with Gasteiger partial charge in [-0.15, -0.1) is 0 Å². The summed E-state index contributed by atoms with van der Waals surface area (Å²) in [6.07, 6.45) is 4.10. The minimum Gasteiger partial charge on any atom is -0.493 e. The van der Waals surface area contributed by atoms with E-state index in [1.54, 1.807) is 0 Å². The predicted octanol–water partition coefficient (Wildman–Crippen LogP) is 5.81. The van der Waals surface area contributed by atoms with E-state index in [1.807, 2.05) is 0 Å². The van der Waals surface area contributed by atoms with Crippen LogP contribution in [0.5, 0.6) is 11.5 Å². The Morgan fingerprint density at radius 2 is 1.38 bits per heavy atom. The maximum Gasteiger partial charge on any atom is 0.349 e. The molecule has 1 fully saturated rings. The second-order valence-corrected chi connectivity index (χ2v) is 7.29. The maximum atomic E-state index is 14.3. The van der Waals surface area contributed by atoms with Crippen molar-refractivity contribution in [3.63, 3.8) is 0 Å². The molecule has 1 saturated carbocycles. The molecular formula is C21H19F5O3. The van der Waals surface area contributed by atoms with E-state index in [1.165, 1.54) is 0 Å². The lowest BCUT2D eigenvalue weighted by atomic mass is 9.83. The summed E-state index contributed by atoms with van der Waals surface area (Å²) < 4.78 is 77.9. The molecule has 3 rings (SSSR count). The van der Waals surface area contributed by atoms with Crippen molar-refractivity contribution in [3.05, 3.63) is 58.9 Å². The van der Waals surface area contributed by atoms with Crippen molar-refractivity contribution in [2.45, 2.75) is 32.6 Å². The number of rotatable bonds is 5. The number of carbonyl (C=O) groups excluding carboxylic acids is 1. The highest BCUT2D eigenvalue weighted by Gasteiger charge is 2.24. The summed E-state index contributed by atoms with van der Waals surface area (Å²) in [4.78, 5) is 12.0. The molecule has 0 N–H and O–H groups in total. The van der Waals surface area contributed by atoms with E-state index in [9.17, 15) is 26.7 Å². The quantitative estimate of drug-likeness (QED) is 0.268. The first-order chi connectivity index (χ1) is 13.7. The Morgan fingerprint density at radius 3 is 1.93 bits per heavy atom. The molecule has 0 bridgehead atoms. The molecule has 29 heavy (non-hydrogen) atoms. The molecule has 0 aliphatic heterocycles. The lowest BCUT2D eigenvalue weighted by Crippen LogP contribution is -2.19. The van der Waals surface area contributed by atoms with Crippen molar-refractivity contribution >= 4 is 5.97 Å². The summed E-state index contributed by atoms with van der Waals surface area (Å²) in [5.74, 6) is -8.81. The smallest absolute Gasteiger partial charge is 0.349 e. The SMILES string of the molecule is CC1CCC(COc2cc(F)c(C(=O)Oc3cc(F)c(F)c(F)c3)c(F)c2)CC1. The van der Waals surface area contributed by atoms with E-state index in [-0.39, 0.29) is 5.75 Å². The molecule has 0 aromatic heterocycles. The molecule has 0 unspecified atom stereocenters. The van der Waals surface area contributed by atoms with Crippen molar-refractivity contribution in [1.29, 1.82) is 0 Å². The van der Waals surface area contributed by atoms with Crippen LogP contribution in [0.2, 0.25) is 0 Å². The van der Waals surface area contributed by atoms with E-state index < -0.39 is 46.4 Å². The number of carbonyl (C=O) groups is 1. The van der Waals surface area contributed by atoms with E-state index >= 15 is 0 Å². The van der Waals surface area contributed by atoms with Gasteiger partial charge >= 0.3 is 5.97 Å². The number of benzene rings is 2. The van der Waals surface area contributed by atoms with Crippen LogP contribution in [0.25, 0.3) is 0 Å². The van der Waals surface area contributed by atoms with Crippen LogP contribution in [0, 0.1) is 40.9 Å². The van der Waals surface area contributed by atoms with Crippen LogP contribution >= 0.6 is 0 Å². The van der Waals surface area contributed by atoms with Crippen molar-refractivity contribution < 1.29 is 36.2 Å². The second kappa shape index (κ2) is 8.80. The van der Waals surface area contributed by atoms with Crippen LogP contribution in [0.4, 0.5) is 22.0 Å². The summed E-state index contributed by atoms with van der Waals surface area (Å²) in [7, 11) is 0. The average Bonchev–Trinajstić information content (AvgIpc) is 2.65. The second-order valence-electron chi connectivity index (χ2n) is 7.29. The monoisotopic (exact) mass is 414 g/mol. The molecule has 1 aliphatic carbocycles. The first-order valence-corrected chi connectivity index (χ1v) is 9.23. The number of ether oxygens (including phenoxy) is 2. The van der Waals surface area contributed by atoms with Gasteiger partial charge in [-0.05, 0) is 24.7 Å². The summed E-state index contributed by atoms with van der Waals surface area (Å²) in [6.45, 7) is 2.48. The van der Waals surface area contributed by atoms with Gasteiger partial charge in [-0.25, -0.2) is 26.7 Å². The fraction of sp³-hybridized carbons (Fsp3) is 0.381. The first-order valence-electron chi connectivity index (χ1n) is 9.23. The van der Waals surface area contributed by atoms with Gasteiger partial charge in [0.1, 0.15) is 28.7 Å². The summed E-state index contributed by atoms with van der Waals surface area (Å²) in [5, 5.41) is 0. The Hall–Kier alpha value is -2.64. The highest BCUT2D eigenvalue weighted by Crippen LogP contribution is 2.30. The Balaban J connectivity index is 1.69.